The Hall–Kier alpha value is -0.860. The summed E-state index contributed by atoms with van der Waals surface area (Å²) in [6.07, 6.45) is 2.38. The van der Waals surface area contributed by atoms with Gasteiger partial charge in [0.15, 0.2) is 0 Å². The third kappa shape index (κ3) is 3.80. The van der Waals surface area contributed by atoms with Crippen LogP contribution in [0, 0.1) is 5.92 Å². The fourth-order valence-corrected chi connectivity index (χ4v) is 2.97. The highest BCUT2D eigenvalue weighted by molar-refractivity contribution is 5.22. The van der Waals surface area contributed by atoms with E-state index in [0.29, 0.717) is 12.1 Å². The molecule has 1 aliphatic rings. The van der Waals surface area contributed by atoms with Crippen LogP contribution in [-0.2, 0) is 13.0 Å². The molecular weight excluding hydrogens is 232 g/mol. The molecule has 0 saturated carbocycles. The summed E-state index contributed by atoms with van der Waals surface area (Å²) in [5.41, 5.74) is 2.82. The average molecular weight is 260 g/mol. The second kappa shape index (κ2) is 6.53. The van der Waals surface area contributed by atoms with Crippen LogP contribution < -0.4 is 5.32 Å². The first kappa shape index (κ1) is 14.5. The first-order valence-corrected chi connectivity index (χ1v) is 7.61. The van der Waals surface area contributed by atoms with Crippen LogP contribution in [0.2, 0.25) is 0 Å². The number of aryl methyl sites for hydroxylation is 1. The lowest BCUT2D eigenvalue weighted by Gasteiger charge is -2.40. The van der Waals surface area contributed by atoms with Crippen molar-refractivity contribution >= 4 is 0 Å². The quantitative estimate of drug-likeness (QED) is 0.895. The van der Waals surface area contributed by atoms with E-state index in [0.717, 1.165) is 18.9 Å². The third-order valence-corrected chi connectivity index (χ3v) is 4.61. The van der Waals surface area contributed by atoms with E-state index >= 15 is 0 Å². The van der Waals surface area contributed by atoms with Crippen molar-refractivity contribution in [2.75, 3.05) is 13.6 Å². The van der Waals surface area contributed by atoms with Gasteiger partial charge in [-0.3, -0.25) is 0 Å². The molecule has 1 fully saturated rings. The maximum atomic E-state index is 3.75. The van der Waals surface area contributed by atoms with Crippen molar-refractivity contribution in [3.63, 3.8) is 0 Å². The molecule has 1 aliphatic heterocycles. The first-order valence-electron chi connectivity index (χ1n) is 7.61. The predicted molar refractivity (Wildman–Crippen MR) is 82.3 cm³/mol. The zero-order valence-corrected chi connectivity index (χ0v) is 12.8. The Labute approximate surface area is 118 Å². The molecule has 0 aromatic heterocycles. The highest BCUT2D eigenvalue weighted by Gasteiger charge is 2.28. The molecule has 0 spiro atoms. The Morgan fingerprint density at radius 3 is 2.42 bits per heavy atom. The van der Waals surface area contributed by atoms with E-state index in [9.17, 15) is 0 Å². The minimum absolute atomic E-state index is 0.650. The molecule has 0 bridgehead atoms. The molecule has 0 amide bonds. The van der Waals surface area contributed by atoms with E-state index in [-0.39, 0.29) is 0 Å². The van der Waals surface area contributed by atoms with Crippen LogP contribution in [0.4, 0.5) is 0 Å². The van der Waals surface area contributed by atoms with Crippen molar-refractivity contribution in [2.24, 2.45) is 5.92 Å². The zero-order chi connectivity index (χ0) is 13.8. The van der Waals surface area contributed by atoms with Crippen LogP contribution in [-0.4, -0.2) is 30.6 Å². The average Bonchev–Trinajstić information content (AvgIpc) is 2.42. The molecule has 1 N–H and O–H groups in total. The number of piperidine rings is 1. The zero-order valence-electron chi connectivity index (χ0n) is 12.8. The van der Waals surface area contributed by atoms with Crippen LogP contribution in [0.25, 0.3) is 0 Å². The van der Waals surface area contributed by atoms with Gasteiger partial charge in [0.2, 0.25) is 0 Å². The lowest BCUT2D eigenvalue weighted by molar-refractivity contribution is 0.121. The summed E-state index contributed by atoms with van der Waals surface area (Å²) >= 11 is 0. The molecule has 2 rings (SSSR count). The predicted octanol–water partition coefficient (Wildman–Crippen LogP) is 3.07. The molecule has 2 nitrogen and oxygen atoms in total. The highest BCUT2D eigenvalue weighted by Crippen LogP contribution is 2.21. The van der Waals surface area contributed by atoms with Gasteiger partial charge in [0, 0.05) is 25.2 Å². The normalized spacial score (nSPS) is 28.5. The molecule has 2 heteroatoms. The van der Waals surface area contributed by atoms with E-state index < -0.39 is 0 Å². The standard InChI is InChI=1S/C17H28N2/c1-5-15-6-8-16(9-7-15)11-18-17-10-14(3)19(4)12-13(17)2/h6-9,13-14,17-18H,5,10-12H2,1-4H3. The number of hydrogen-bond acceptors (Lipinski definition) is 2. The summed E-state index contributed by atoms with van der Waals surface area (Å²) in [4.78, 5) is 2.47. The van der Waals surface area contributed by atoms with E-state index in [1.807, 2.05) is 0 Å². The lowest BCUT2D eigenvalue weighted by Crippen LogP contribution is -2.50. The Balaban J connectivity index is 1.87. The van der Waals surface area contributed by atoms with E-state index in [4.69, 9.17) is 0 Å². The van der Waals surface area contributed by atoms with E-state index in [1.54, 1.807) is 0 Å². The number of likely N-dealkylation sites (tertiary alicyclic amines) is 1. The smallest absolute Gasteiger partial charge is 0.0208 e. The van der Waals surface area contributed by atoms with Crippen LogP contribution in [0.3, 0.4) is 0 Å². The van der Waals surface area contributed by atoms with Crippen molar-refractivity contribution < 1.29 is 0 Å². The van der Waals surface area contributed by atoms with Crippen molar-refractivity contribution in [3.05, 3.63) is 35.4 Å². The summed E-state index contributed by atoms with van der Waals surface area (Å²) in [5, 5.41) is 3.75. The van der Waals surface area contributed by atoms with E-state index in [1.165, 1.54) is 24.1 Å². The van der Waals surface area contributed by atoms with Crippen LogP contribution in [0.5, 0.6) is 0 Å². The molecule has 19 heavy (non-hydrogen) atoms. The Kier molecular flexibility index (Phi) is 5.00. The second-order valence-corrected chi connectivity index (χ2v) is 6.16. The topological polar surface area (TPSA) is 15.3 Å². The SMILES string of the molecule is CCc1ccc(CNC2CC(C)N(C)CC2C)cc1. The summed E-state index contributed by atoms with van der Waals surface area (Å²) in [6.45, 7) is 9.09. The molecular formula is C17H28N2. The largest absolute Gasteiger partial charge is 0.310 e. The van der Waals surface area contributed by atoms with Crippen LogP contribution in [0.1, 0.15) is 38.3 Å². The summed E-state index contributed by atoms with van der Waals surface area (Å²) < 4.78 is 0. The molecule has 1 saturated heterocycles. The van der Waals surface area contributed by atoms with Gasteiger partial charge in [-0.2, -0.15) is 0 Å². The van der Waals surface area contributed by atoms with Gasteiger partial charge in [-0.15, -0.1) is 0 Å². The first-order chi connectivity index (χ1) is 9.10. The van der Waals surface area contributed by atoms with Gasteiger partial charge in [-0.05, 0) is 43.9 Å². The summed E-state index contributed by atoms with van der Waals surface area (Å²) in [6, 6.07) is 10.4. The number of rotatable bonds is 4. The van der Waals surface area contributed by atoms with Crippen molar-refractivity contribution in [1.82, 2.24) is 10.2 Å². The van der Waals surface area contributed by atoms with Gasteiger partial charge in [0.05, 0.1) is 0 Å². The van der Waals surface area contributed by atoms with Gasteiger partial charge in [0.1, 0.15) is 0 Å². The molecule has 3 atom stereocenters. The maximum Gasteiger partial charge on any atom is 0.0208 e. The van der Waals surface area contributed by atoms with Gasteiger partial charge in [0.25, 0.3) is 0 Å². The minimum Gasteiger partial charge on any atom is -0.310 e. The van der Waals surface area contributed by atoms with Gasteiger partial charge < -0.3 is 10.2 Å². The lowest BCUT2D eigenvalue weighted by atomic mass is 9.89. The molecule has 106 valence electrons. The van der Waals surface area contributed by atoms with Gasteiger partial charge in [-0.1, -0.05) is 38.1 Å². The van der Waals surface area contributed by atoms with E-state index in [2.05, 4.69) is 62.3 Å². The Morgan fingerprint density at radius 1 is 1.16 bits per heavy atom. The maximum absolute atomic E-state index is 3.75. The molecule has 3 unspecified atom stereocenters. The molecule has 0 aliphatic carbocycles. The number of benzene rings is 1. The van der Waals surface area contributed by atoms with Gasteiger partial charge >= 0.3 is 0 Å². The van der Waals surface area contributed by atoms with Crippen molar-refractivity contribution in [3.8, 4) is 0 Å². The molecule has 1 aromatic rings. The van der Waals surface area contributed by atoms with Crippen LogP contribution in [0.15, 0.2) is 24.3 Å². The fourth-order valence-electron chi connectivity index (χ4n) is 2.97. The van der Waals surface area contributed by atoms with Gasteiger partial charge in [-0.25, -0.2) is 0 Å². The van der Waals surface area contributed by atoms with Crippen LogP contribution >= 0.6 is 0 Å². The number of nitrogens with zero attached hydrogens (tertiary/aromatic N) is 1. The molecule has 1 aromatic carbocycles. The Bertz CT molecular complexity index is 385. The summed E-state index contributed by atoms with van der Waals surface area (Å²) in [7, 11) is 2.24. The number of nitrogens with one attached hydrogen (secondary N) is 1. The molecule has 0 radical (unpaired) electrons. The fraction of sp³-hybridized carbons (Fsp3) is 0.647. The van der Waals surface area contributed by atoms with Crippen molar-refractivity contribution in [2.45, 2.75) is 52.2 Å². The highest BCUT2D eigenvalue weighted by atomic mass is 15.2. The third-order valence-electron chi connectivity index (χ3n) is 4.61. The number of hydrogen-bond donors (Lipinski definition) is 1. The second-order valence-electron chi connectivity index (χ2n) is 6.16. The summed E-state index contributed by atoms with van der Waals surface area (Å²) in [5.74, 6) is 0.733. The monoisotopic (exact) mass is 260 g/mol. The molecule has 1 heterocycles. The Morgan fingerprint density at radius 2 is 1.79 bits per heavy atom. The van der Waals surface area contributed by atoms with Crippen molar-refractivity contribution in [1.29, 1.82) is 0 Å². The minimum atomic E-state index is 0.650.